The van der Waals surface area contributed by atoms with Crippen molar-refractivity contribution in [2.24, 2.45) is 0 Å². The Kier molecular flexibility index (Phi) is 3.41. The minimum absolute atomic E-state index is 0.306. The Morgan fingerprint density at radius 3 is 2.68 bits per heavy atom. The average molecular weight is 334 g/mol. The number of hydrogen-bond acceptors (Lipinski definition) is 5. The van der Waals surface area contributed by atoms with E-state index in [1.807, 2.05) is 22.9 Å². The molecule has 0 atom stereocenters. The van der Waals surface area contributed by atoms with E-state index >= 15 is 0 Å². The molecule has 1 N–H and O–H groups in total. The summed E-state index contributed by atoms with van der Waals surface area (Å²) in [4.78, 5) is 30.5. The average Bonchev–Trinajstić information content (AvgIpc) is 3.05. The number of thiophene rings is 2. The van der Waals surface area contributed by atoms with Crippen LogP contribution in [0.25, 0.3) is 20.7 Å². The van der Waals surface area contributed by atoms with Gasteiger partial charge in [0.1, 0.15) is 16.2 Å². The van der Waals surface area contributed by atoms with E-state index in [-0.39, 0.29) is 5.56 Å². The summed E-state index contributed by atoms with van der Waals surface area (Å²) in [6.45, 7) is 4.68. The van der Waals surface area contributed by atoms with Crippen molar-refractivity contribution in [1.29, 1.82) is 0 Å². The van der Waals surface area contributed by atoms with Crippen LogP contribution < -0.4 is 5.56 Å². The third-order valence-corrected chi connectivity index (χ3v) is 5.42. The highest BCUT2D eigenvalue weighted by Crippen LogP contribution is 2.34. The first-order valence-electron chi connectivity index (χ1n) is 6.62. The largest absolute Gasteiger partial charge is 0.480 e. The van der Waals surface area contributed by atoms with E-state index in [0.717, 1.165) is 10.4 Å². The molecule has 3 rings (SSSR count). The summed E-state index contributed by atoms with van der Waals surface area (Å²) in [7, 11) is 0. The zero-order chi connectivity index (χ0) is 16.1. The number of fused-ring (bicyclic) bond motifs is 1. The first kappa shape index (κ1) is 14.9. The SMILES string of the molecule is Cc1nc2scc(-c3cccs3)c2c(=O)n1C(C)(C)C(=O)O. The van der Waals surface area contributed by atoms with Gasteiger partial charge in [0.2, 0.25) is 0 Å². The van der Waals surface area contributed by atoms with Gasteiger partial charge in [-0.15, -0.1) is 22.7 Å². The molecule has 3 aromatic heterocycles. The summed E-state index contributed by atoms with van der Waals surface area (Å²) in [6, 6.07) is 3.86. The smallest absolute Gasteiger partial charge is 0.329 e. The molecule has 114 valence electrons. The normalized spacial score (nSPS) is 12.0. The van der Waals surface area contributed by atoms with Crippen LogP contribution >= 0.6 is 22.7 Å². The van der Waals surface area contributed by atoms with E-state index in [2.05, 4.69) is 4.98 Å². The van der Waals surface area contributed by atoms with Crippen molar-refractivity contribution in [3.05, 3.63) is 39.1 Å². The maximum atomic E-state index is 12.9. The summed E-state index contributed by atoms with van der Waals surface area (Å²) in [6.07, 6.45) is 0. The lowest BCUT2D eigenvalue weighted by Gasteiger charge is -2.24. The predicted molar refractivity (Wildman–Crippen MR) is 88.9 cm³/mol. The van der Waals surface area contributed by atoms with Crippen molar-refractivity contribution in [3.63, 3.8) is 0 Å². The first-order valence-corrected chi connectivity index (χ1v) is 8.38. The second-order valence-electron chi connectivity index (χ2n) is 5.47. The number of rotatable bonds is 3. The third kappa shape index (κ3) is 2.08. The van der Waals surface area contributed by atoms with E-state index in [9.17, 15) is 14.7 Å². The summed E-state index contributed by atoms with van der Waals surface area (Å²) < 4.78 is 1.27. The zero-order valence-corrected chi connectivity index (χ0v) is 13.9. The molecule has 7 heteroatoms. The van der Waals surface area contributed by atoms with Crippen LogP contribution in [-0.2, 0) is 10.3 Å². The molecule has 0 aliphatic carbocycles. The topological polar surface area (TPSA) is 72.2 Å². The number of carbonyl (C=O) groups is 1. The highest BCUT2D eigenvalue weighted by Gasteiger charge is 2.33. The standard InChI is InChI=1S/C15H14N2O3S2/c1-8-16-12-11(9(7-22-12)10-5-4-6-21-10)13(18)17(8)15(2,3)14(19)20/h4-7H,1-3H3,(H,19,20). The lowest BCUT2D eigenvalue weighted by molar-refractivity contribution is -0.145. The Balaban J connectivity index is 2.40. The molecule has 0 aliphatic rings. The van der Waals surface area contributed by atoms with Crippen LogP contribution in [0.5, 0.6) is 0 Å². The van der Waals surface area contributed by atoms with Crippen molar-refractivity contribution >= 4 is 38.9 Å². The third-order valence-electron chi connectivity index (χ3n) is 3.64. The predicted octanol–water partition coefficient (Wildman–Crippen LogP) is 3.31. The molecule has 0 radical (unpaired) electrons. The van der Waals surface area contributed by atoms with Crippen LogP contribution in [0.1, 0.15) is 19.7 Å². The molecule has 3 heterocycles. The van der Waals surface area contributed by atoms with E-state index in [0.29, 0.717) is 16.0 Å². The molecule has 0 bridgehead atoms. The summed E-state index contributed by atoms with van der Waals surface area (Å²) in [5, 5.41) is 13.8. The number of carboxylic acids is 1. The minimum atomic E-state index is -1.35. The van der Waals surface area contributed by atoms with Gasteiger partial charge < -0.3 is 5.11 Å². The number of hydrogen-bond donors (Lipinski definition) is 1. The Morgan fingerprint density at radius 2 is 2.09 bits per heavy atom. The van der Waals surface area contributed by atoms with Crippen LogP contribution in [0.15, 0.2) is 27.7 Å². The van der Waals surface area contributed by atoms with E-state index in [1.165, 1.54) is 29.8 Å². The van der Waals surface area contributed by atoms with Gasteiger partial charge in [0.15, 0.2) is 0 Å². The van der Waals surface area contributed by atoms with Gasteiger partial charge in [-0.1, -0.05) is 6.07 Å². The molecule has 0 fully saturated rings. The molecular weight excluding hydrogens is 320 g/mol. The summed E-state index contributed by atoms with van der Waals surface area (Å²) in [5.74, 6) is -0.656. The maximum absolute atomic E-state index is 12.9. The van der Waals surface area contributed by atoms with Gasteiger partial charge in [-0.3, -0.25) is 9.36 Å². The number of nitrogens with zero attached hydrogens (tertiary/aromatic N) is 2. The molecule has 0 unspecified atom stereocenters. The van der Waals surface area contributed by atoms with Gasteiger partial charge in [0.05, 0.1) is 5.39 Å². The van der Waals surface area contributed by atoms with Crippen LogP contribution in [0, 0.1) is 6.92 Å². The minimum Gasteiger partial charge on any atom is -0.480 e. The molecule has 5 nitrogen and oxygen atoms in total. The van der Waals surface area contributed by atoms with Crippen molar-refractivity contribution in [2.45, 2.75) is 26.3 Å². The lowest BCUT2D eigenvalue weighted by atomic mass is 10.0. The van der Waals surface area contributed by atoms with Gasteiger partial charge >= 0.3 is 5.97 Å². The Hall–Kier alpha value is -1.99. The summed E-state index contributed by atoms with van der Waals surface area (Å²) in [5.41, 5.74) is -0.834. The molecule has 3 aromatic rings. The molecule has 0 amide bonds. The van der Waals surface area contributed by atoms with Crippen LogP contribution in [0.2, 0.25) is 0 Å². The fourth-order valence-corrected chi connectivity index (χ4v) is 4.26. The molecule has 22 heavy (non-hydrogen) atoms. The molecule has 0 aliphatic heterocycles. The number of aliphatic carboxylic acids is 1. The molecular formula is C15H14N2O3S2. The molecule has 0 saturated carbocycles. The van der Waals surface area contributed by atoms with Gasteiger partial charge in [0, 0.05) is 15.8 Å². The van der Waals surface area contributed by atoms with E-state index < -0.39 is 11.5 Å². The van der Waals surface area contributed by atoms with Crippen molar-refractivity contribution in [3.8, 4) is 10.4 Å². The quantitative estimate of drug-likeness (QED) is 0.797. The highest BCUT2D eigenvalue weighted by atomic mass is 32.1. The van der Waals surface area contributed by atoms with Crippen molar-refractivity contribution in [2.75, 3.05) is 0 Å². The summed E-state index contributed by atoms with van der Waals surface area (Å²) >= 11 is 2.95. The fourth-order valence-electron chi connectivity index (χ4n) is 2.46. The number of aromatic nitrogens is 2. The van der Waals surface area contributed by atoms with Crippen LogP contribution in [0.4, 0.5) is 0 Å². The number of carboxylic acid groups (broad SMARTS) is 1. The van der Waals surface area contributed by atoms with E-state index in [1.54, 1.807) is 18.3 Å². The zero-order valence-electron chi connectivity index (χ0n) is 12.3. The van der Waals surface area contributed by atoms with Crippen molar-refractivity contribution in [1.82, 2.24) is 9.55 Å². The number of aryl methyl sites for hydroxylation is 1. The Morgan fingerprint density at radius 1 is 1.36 bits per heavy atom. The van der Waals surface area contributed by atoms with Gasteiger partial charge in [-0.25, -0.2) is 9.78 Å². The Bertz CT molecular complexity index is 920. The lowest BCUT2D eigenvalue weighted by Crippen LogP contribution is -2.44. The highest BCUT2D eigenvalue weighted by molar-refractivity contribution is 7.18. The second-order valence-corrected chi connectivity index (χ2v) is 7.28. The monoisotopic (exact) mass is 334 g/mol. The van der Waals surface area contributed by atoms with E-state index in [4.69, 9.17) is 0 Å². The van der Waals surface area contributed by atoms with Gasteiger partial charge in [0.25, 0.3) is 5.56 Å². The van der Waals surface area contributed by atoms with Crippen LogP contribution in [-0.4, -0.2) is 20.6 Å². The van der Waals surface area contributed by atoms with Gasteiger partial charge in [-0.05, 0) is 32.2 Å². The Labute approximate surface area is 134 Å². The van der Waals surface area contributed by atoms with Gasteiger partial charge in [-0.2, -0.15) is 0 Å². The molecule has 0 saturated heterocycles. The maximum Gasteiger partial charge on any atom is 0.329 e. The molecule has 0 spiro atoms. The fraction of sp³-hybridized carbons (Fsp3) is 0.267. The molecule has 0 aromatic carbocycles. The van der Waals surface area contributed by atoms with Crippen LogP contribution in [0.3, 0.4) is 0 Å². The first-order chi connectivity index (χ1) is 10.3. The van der Waals surface area contributed by atoms with Crippen molar-refractivity contribution < 1.29 is 9.90 Å². The second kappa shape index (κ2) is 5.03.